The van der Waals surface area contributed by atoms with Crippen LogP contribution in [0.15, 0.2) is 30.5 Å². The van der Waals surface area contributed by atoms with E-state index in [4.69, 9.17) is 4.74 Å². The third-order valence-corrected chi connectivity index (χ3v) is 5.44. The molecule has 2 aliphatic heterocycles. The monoisotopic (exact) mass is 461 g/mol. The highest BCUT2D eigenvalue weighted by atomic mass is 19.2. The number of hydrogen-bond donors (Lipinski definition) is 1. The number of anilines is 2. The van der Waals surface area contributed by atoms with Crippen LogP contribution < -0.4 is 15.1 Å². The number of likely N-dealkylation sites (N-methyl/N-ethyl adjacent to an activating group) is 1. The van der Waals surface area contributed by atoms with Crippen LogP contribution in [0.5, 0.6) is 0 Å². The van der Waals surface area contributed by atoms with E-state index in [1.807, 2.05) is 0 Å². The lowest BCUT2D eigenvalue weighted by Gasteiger charge is -2.17. The van der Waals surface area contributed by atoms with E-state index in [0.717, 1.165) is 4.90 Å². The maximum absolute atomic E-state index is 14.9. The van der Waals surface area contributed by atoms with Gasteiger partial charge in [-0.05, 0) is 24.3 Å². The summed E-state index contributed by atoms with van der Waals surface area (Å²) in [5, 5.41) is 2.39. The van der Waals surface area contributed by atoms with E-state index in [9.17, 15) is 23.2 Å². The van der Waals surface area contributed by atoms with E-state index in [1.54, 1.807) is 24.1 Å². The van der Waals surface area contributed by atoms with E-state index in [1.165, 1.54) is 30.3 Å². The molecule has 2 aliphatic rings. The second kappa shape index (κ2) is 8.88. The SMILES string of the molecule is COC(=O)NC[C@H]1CN(c2ccc(-c3ccc(N4CCN(C)C4=O)nc3)c(F)c2F)C(=O)O1. The van der Waals surface area contributed by atoms with Crippen LogP contribution in [0.3, 0.4) is 0 Å². The third kappa shape index (κ3) is 4.23. The van der Waals surface area contributed by atoms with Crippen LogP contribution in [0.1, 0.15) is 0 Å². The van der Waals surface area contributed by atoms with Crippen molar-refractivity contribution in [2.45, 2.75) is 6.10 Å². The molecule has 2 saturated heterocycles. The van der Waals surface area contributed by atoms with Gasteiger partial charge in [0.2, 0.25) is 0 Å². The molecule has 0 spiro atoms. The number of methoxy groups -OCH3 is 1. The zero-order valence-corrected chi connectivity index (χ0v) is 17.9. The second-order valence-electron chi connectivity index (χ2n) is 7.51. The number of urea groups is 1. The number of alkyl carbamates (subject to hydrolysis) is 1. The molecular weight excluding hydrogens is 440 g/mol. The summed E-state index contributed by atoms with van der Waals surface area (Å²) >= 11 is 0. The molecule has 3 heterocycles. The normalized spacial score (nSPS) is 18.1. The molecule has 10 nitrogen and oxygen atoms in total. The maximum atomic E-state index is 14.9. The fraction of sp³-hybridized carbons (Fsp3) is 0.333. The predicted octanol–water partition coefficient (Wildman–Crippen LogP) is 2.58. The highest BCUT2D eigenvalue weighted by Crippen LogP contribution is 2.33. The number of hydrogen-bond acceptors (Lipinski definition) is 6. The van der Waals surface area contributed by atoms with Crippen molar-refractivity contribution in [1.29, 1.82) is 0 Å². The first-order valence-electron chi connectivity index (χ1n) is 10.1. The van der Waals surface area contributed by atoms with Crippen LogP contribution in [0, 0.1) is 11.6 Å². The minimum atomic E-state index is -1.22. The molecule has 33 heavy (non-hydrogen) atoms. The summed E-state index contributed by atoms with van der Waals surface area (Å²) in [6.45, 7) is 0.946. The summed E-state index contributed by atoms with van der Waals surface area (Å²) in [5.41, 5.74) is -0.0143. The molecule has 2 aromatic rings. The topological polar surface area (TPSA) is 104 Å². The molecule has 12 heteroatoms. The van der Waals surface area contributed by atoms with Gasteiger partial charge in [-0.2, -0.15) is 0 Å². The van der Waals surface area contributed by atoms with Gasteiger partial charge in [0.05, 0.1) is 25.9 Å². The summed E-state index contributed by atoms with van der Waals surface area (Å²) in [4.78, 5) is 43.7. The summed E-state index contributed by atoms with van der Waals surface area (Å²) in [5.74, 6) is -1.95. The molecular formula is C21H21F2N5O5. The molecule has 1 N–H and O–H groups in total. The Morgan fingerprint density at radius 2 is 1.97 bits per heavy atom. The second-order valence-corrected chi connectivity index (χ2v) is 7.51. The number of carbonyl (C=O) groups excluding carboxylic acids is 3. The Morgan fingerprint density at radius 3 is 2.61 bits per heavy atom. The molecule has 1 aromatic heterocycles. The first-order valence-corrected chi connectivity index (χ1v) is 10.1. The minimum absolute atomic E-state index is 0.0373. The van der Waals surface area contributed by atoms with Crippen molar-refractivity contribution in [3.63, 3.8) is 0 Å². The summed E-state index contributed by atoms with van der Waals surface area (Å²) in [7, 11) is 2.88. The number of halogens is 2. The Labute approximate surface area is 187 Å². The number of nitrogens with one attached hydrogen (secondary N) is 1. The van der Waals surface area contributed by atoms with Gasteiger partial charge in [-0.3, -0.25) is 9.80 Å². The highest BCUT2D eigenvalue weighted by Gasteiger charge is 2.35. The Balaban J connectivity index is 1.51. The van der Waals surface area contributed by atoms with Crippen molar-refractivity contribution in [3.8, 4) is 11.1 Å². The third-order valence-electron chi connectivity index (χ3n) is 5.44. The van der Waals surface area contributed by atoms with Crippen LogP contribution in [-0.4, -0.2) is 74.5 Å². The van der Waals surface area contributed by atoms with Crippen LogP contribution >= 0.6 is 0 Å². The number of amides is 4. The number of nitrogens with zero attached hydrogens (tertiary/aromatic N) is 4. The largest absolute Gasteiger partial charge is 0.453 e. The first kappa shape index (κ1) is 22.2. The van der Waals surface area contributed by atoms with E-state index in [-0.39, 0.29) is 30.4 Å². The van der Waals surface area contributed by atoms with E-state index >= 15 is 0 Å². The van der Waals surface area contributed by atoms with E-state index in [2.05, 4.69) is 15.0 Å². The average molecular weight is 461 g/mol. The van der Waals surface area contributed by atoms with Gasteiger partial charge in [-0.1, -0.05) is 0 Å². The molecule has 0 unspecified atom stereocenters. The first-order chi connectivity index (χ1) is 15.8. The smallest absolute Gasteiger partial charge is 0.414 e. The number of rotatable bonds is 5. The van der Waals surface area contributed by atoms with Crippen molar-refractivity contribution < 1.29 is 32.6 Å². The Morgan fingerprint density at radius 1 is 1.18 bits per heavy atom. The van der Waals surface area contributed by atoms with E-state index in [0.29, 0.717) is 24.5 Å². The Bertz CT molecular complexity index is 1100. The van der Waals surface area contributed by atoms with Crippen LogP contribution in [-0.2, 0) is 9.47 Å². The molecule has 0 aliphatic carbocycles. The minimum Gasteiger partial charge on any atom is -0.453 e. The predicted molar refractivity (Wildman–Crippen MR) is 113 cm³/mol. The molecule has 0 saturated carbocycles. The Kier molecular flexibility index (Phi) is 5.99. The molecule has 1 aromatic carbocycles. The van der Waals surface area contributed by atoms with Crippen molar-refractivity contribution in [2.75, 3.05) is 50.1 Å². The lowest BCUT2D eigenvalue weighted by molar-refractivity contribution is 0.132. The van der Waals surface area contributed by atoms with Gasteiger partial charge in [0.25, 0.3) is 0 Å². The highest BCUT2D eigenvalue weighted by molar-refractivity contribution is 5.93. The Hall–Kier alpha value is -3.96. The summed E-state index contributed by atoms with van der Waals surface area (Å²) in [6, 6.07) is 5.54. The molecule has 0 radical (unpaired) electrons. The fourth-order valence-corrected chi connectivity index (χ4v) is 3.63. The number of benzene rings is 1. The lowest BCUT2D eigenvalue weighted by atomic mass is 10.1. The maximum Gasteiger partial charge on any atom is 0.414 e. The number of carbonyl (C=O) groups is 3. The van der Waals surface area contributed by atoms with Crippen LogP contribution in [0.4, 0.5) is 34.7 Å². The van der Waals surface area contributed by atoms with Crippen molar-refractivity contribution in [3.05, 3.63) is 42.1 Å². The van der Waals surface area contributed by atoms with Gasteiger partial charge < -0.3 is 19.7 Å². The molecule has 4 amide bonds. The van der Waals surface area contributed by atoms with Crippen molar-refractivity contribution >= 4 is 29.7 Å². The molecule has 1 atom stereocenters. The van der Waals surface area contributed by atoms with Crippen LogP contribution in [0.25, 0.3) is 11.1 Å². The van der Waals surface area contributed by atoms with Gasteiger partial charge in [0.15, 0.2) is 11.6 Å². The van der Waals surface area contributed by atoms with E-state index < -0.39 is 29.9 Å². The summed E-state index contributed by atoms with van der Waals surface area (Å²) in [6.07, 6.45) is -0.949. The quantitative estimate of drug-likeness (QED) is 0.734. The molecule has 4 rings (SSSR count). The molecule has 2 fully saturated rings. The van der Waals surface area contributed by atoms with Crippen molar-refractivity contribution in [1.82, 2.24) is 15.2 Å². The standard InChI is InChI=1S/C21H21F2N5O5/c1-26-7-8-27(20(26)30)16-6-3-12(9-24-16)14-4-5-15(18(23)17(14)22)28-11-13(33-21(28)31)10-25-19(29)32-2/h3-6,9,13H,7-8,10-11H2,1-2H3,(H,25,29)/t13-/m0/s1. The van der Waals surface area contributed by atoms with Gasteiger partial charge in [-0.15, -0.1) is 0 Å². The van der Waals surface area contributed by atoms with Crippen LogP contribution in [0.2, 0.25) is 0 Å². The van der Waals surface area contributed by atoms with Crippen molar-refractivity contribution in [2.24, 2.45) is 0 Å². The van der Waals surface area contributed by atoms with Gasteiger partial charge in [-0.25, -0.2) is 28.1 Å². The van der Waals surface area contributed by atoms with Gasteiger partial charge in [0, 0.05) is 37.5 Å². The van der Waals surface area contributed by atoms with Gasteiger partial charge in [0.1, 0.15) is 11.9 Å². The number of pyridine rings is 1. The zero-order valence-electron chi connectivity index (χ0n) is 17.9. The fourth-order valence-electron chi connectivity index (χ4n) is 3.63. The number of ether oxygens (including phenoxy) is 2. The molecule has 174 valence electrons. The summed E-state index contributed by atoms with van der Waals surface area (Å²) < 4.78 is 39.3. The molecule has 0 bridgehead atoms. The van der Waals surface area contributed by atoms with Gasteiger partial charge >= 0.3 is 18.2 Å². The average Bonchev–Trinajstić information content (AvgIpc) is 3.35. The number of cyclic esters (lactones) is 1. The number of aromatic nitrogens is 1. The zero-order chi connectivity index (χ0) is 23.7. The lowest BCUT2D eigenvalue weighted by Crippen LogP contribution is -2.34.